The molecule has 0 bridgehead atoms. The standard InChI is InChI=1S/C28H37FN2O2/c1-17-15-20-21-9-10-23(26(33)30-16-18-5-7-19(29)8-6-18)27(21,2)13-11-22(20)28(3)14-12-24(32)31(4)25(17)28/h5-8,20-23H,9-16H2,1-4H3,(H,30,33)/t20-,21-,22-,23+,27-,28+/m0/s1. The largest absolute Gasteiger partial charge is 0.352 e. The van der Waals surface area contributed by atoms with Crippen molar-refractivity contribution >= 4 is 11.8 Å². The van der Waals surface area contributed by atoms with Crippen LogP contribution in [0.25, 0.3) is 0 Å². The zero-order chi connectivity index (χ0) is 23.5. The SMILES string of the molecule is CC1=C2N(C)C(=O)CC[C@]2(C)[C@H]2CC[C@]3(C)[C@@H](C(=O)NCc4ccc(F)cc4)CC[C@H]3[C@@H]2C1. The number of piperidine rings is 1. The van der Waals surface area contributed by atoms with Gasteiger partial charge in [-0.05, 0) is 86.3 Å². The van der Waals surface area contributed by atoms with Crippen LogP contribution in [0.3, 0.4) is 0 Å². The summed E-state index contributed by atoms with van der Waals surface area (Å²) in [6.07, 6.45) is 6.92. The third-order valence-corrected chi connectivity index (χ3v) is 10.0. The van der Waals surface area contributed by atoms with Gasteiger partial charge in [0.25, 0.3) is 0 Å². The number of carbonyl (C=O) groups is 2. The third-order valence-electron chi connectivity index (χ3n) is 10.0. The van der Waals surface area contributed by atoms with Crippen LogP contribution in [0.5, 0.6) is 0 Å². The van der Waals surface area contributed by atoms with Gasteiger partial charge >= 0.3 is 0 Å². The molecular weight excluding hydrogens is 415 g/mol. The van der Waals surface area contributed by atoms with Gasteiger partial charge in [0.15, 0.2) is 0 Å². The monoisotopic (exact) mass is 452 g/mol. The number of hydrogen-bond donors (Lipinski definition) is 1. The van der Waals surface area contributed by atoms with Crippen LogP contribution in [0.2, 0.25) is 0 Å². The number of amides is 2. The van der Waals surface area contributed by atoms with E-state index in [2.05, 4.69) is 26.1 Å². The number of hydrogen-bond acceptors (Lipinski definition) is 2. The average Bonchev–Trinajstić information content (AvgIpc) is 3.13. The van der Waals surface area contributed by atoms with Crippen LogP contribution in [0.15, 0.2) is 35.5 Å². The molecule has 5 rings (SSSR count). The van der Waals surface area contributed by atoms with Gasteiger partial charge in [0.05, 0.1) is 0 Å². The molecule has 3 fully saturated rings. The lowest BCUT2D eigenvalue weighted by atomic mass is 9.48. The van der Waals surface area contributed by atoms with E-state index in [0.717, 1.165) is 44.1 Å². The van der Waals surface area contributed by atoms with Crippen molar-refractivity contribution in [1.82, 2.24) is 10.2 Å². The number of fused-ring (bicyclic) bond motifs is 5. The molecule has 1 saturated heterocycles. The number of allylic oxidation sites excluding steroid dienone is 2. The normalized spacial score (nSPS) is 38.0. The first-order valence-corrected chi connectivity index (χ1v) is 12.6. The summed E-state index contributed by atoms with van der Waals surface area (Å²) in [5, 5.41) is 3.15. The maximum absolute atomic E-state index is 13.3. The van der Waals surface area contributed by atoms with E-state index < -0.39 is 0 Å². The van der Waals surface area contributed by atoms with Crippen molar-refractivity contribution in [3.8, 4) is 0 Å². The van der Waals surface area contributed by atoms with Crippen molar-refractivity contribution < 1.29 is 14.0 Å². The molecular formula is C28H37FN2O2. The molecule has 178 valence electrons. The van der Waals surface area contributed by atoms with Crippen molar-refractivity contribution in [3.05, 3.63) is 46.9 Å². The number of benzene rings is 1. The first-order valence-electron chi connectivity index (χ1n) is 12.6. The predicted molar refractivity (Wildman–Crippen MR) is 126 cm³/mol. The maximum atomic E-state index is 13.3. The molecule has 0 radical (unpaired) electrons. The molecule has 0 aromatic heterocycles. The van der Waals surface area contributed by atoms with Crippen LogP contribution in [-0.4, -0.2) is 23.8 Å². The summed E-state index contributed by atoms with van der Waals surface area (Å²) in [6.45, 7) is 7.44. The predicted octanol–water partition coefficient (Wildman–Crippen LogP) is 5.44. The summed E-state index contributed by atoms with van der Waals surface area (Å²) < 4.78 is 13.2. The van der Waals surface area contributed by atoms with Crippen LogP contribution in [-0.2, 0) is 16.1 Å². The Morgan fingerprint density at radius 2 is 1.85 bits per heavy atom. The number of halogens is 1. The third kappa shape index (κ3) is 3.45. The molecule has 3 aliphatic carbocycles. The Morgan fingerprint density at radius 1 is 1.12 bits per heavy atom. The Morgan fingerprint density at radius 3 is 2.58 bits per heavy atom. The molecule has 2 saturated carbocycles. The number of nitrogens with one attached hydrogen (secondary N) is 1. The molecule has 1 aliphatic heterocycles. The van der Waals surface area contributed by atoms with Gasteiger partial charge in [0.2, 0.25) is 11.8 Å². The average molecular weight is 453 g/mol. The van der Waals surface area contributed by atoms with E-state index in [1.165, 1.54) is 23.4 Å². The first kappa shape index (κ1) is 22.6. The van der Waals surface area contributed by atoms with Gasteiger partial charge in [-0.3, -0.25) is 9.59 Å². The van der Waals surface area contributed by atoms with Crippen LogP contribution < -0.4 is 5.32 Å². The molecule has 4 nitrogen and oxygen atoms in total. The second kappa shape index (κ2) is 7.95. The quantitative estimate of drug-likeness (QED) is 0.664. The summed E-state index contributed by atoms with van der Waals surface area (Å²) in [4.78, 5) is 27.7. The molecule has 2 amide bonds. The molecule has 0 unspecified atom stereocenters. The van der Waals surface area contributed by atoms with Crippen molar-refractivity contribution in [2.24, 2.45) is 34.5 Å². The summed E-state index contributed by atoms with van der Waals surface area (Å²) in [5.41, 5.74) is 3.69. The highest BCUT2D eigenvalue weighted by Gasteiger charge is 2.61. The minimum absolute atomic E-state index is 0.0264. The molecule has 1 aromatic carbocycles. The van der Waals surface area contributed by atoms with Crippen molar-refractivity contribution in [3.63, 3.8) is 0 Å². The molecule has 1 N–H and O–H groups in total. The Kier molecular flexibility index (Phi) is 5.45. The number of rotatable bonds is 3. The Bertz CT molecular complexity index is 1000. The van der Waals surface area contributed by atoms with Crippen LogP contribution in [0.4, 0.5) is 4.39 Å². The van der Waals surface area contributed by atoms with Gasteiger partial charge in [0.1, 0.15) is 5.82 Å². The summed E-state index contributed by atoms with van der Waals surface area (Å²) in [7, 11) is 1.96. The Hall–Kier alpha value is -2.17. The second-order valence-corrected chi connectivity index (χ2v) is 11.6. The highest BCUT2D eigenvalue weighted by molar-refractivity contribution is 5.80. The van der Waals surface area contributed by atoms with Crippen molar-refractivity contribution in [2.75, 3.05) is 7.05 Å². The van der Waals surface area contributed by atoms with Gasteiger partial charge < -0.3 is 10.2 Å². The summed E-state index contributed by atoms with van der Waals surface area (Å²) in [5.74, 6) is 1.92. The number of carbonyl (C=O) groups excluding carboxylic acids is 2. The van der Waals surface area contributed by atoms with Crippen LogP contribution in [0, 0.1) is 40.3 Å². The van der Waals surface area contributed by atoms with Crippen molar-refractivity contribution in [2.45, 2.75) is 72.3 Å². The fourth-order valence-corrected chi connectivity index (χ4v) is 8.45. The Labute approximate surface area is 197 Å². The second-order valence-electron chi connectivity index (χ2n) is 11.6. The molecule has 4 aliphatic rings. The summed E-state index contributed by atoms with van der Waals surface area (Å²) >= 11 is 0. The number of nitrogens with zero attached hydrogens (tertiary/aromatic N) is 1. The fourth-order valence-electron chi connectivity index (χ4n) is 8.45. The minimum Gasteiger partial charge on any atom is -0.352 e. The molecule has 6 atom stereocenters. The van der Waals surface area contributed by atoms with Gasteiger partial charge in [-0.1, -0.05) is 31.6 Å². The lowest BCUT2D eigenvalue weighted by Crippen LogP contribution is -2.55. The topological polar surface area (TPSA) is 49.4 Å². The van der Waals surface area contributed by atoms with E-state index in [4.69, 9.17) is 0 Å². The van der Waals surface area contributed by atoms with Crippen LogP contribution >= 0.6 is 0 Å². The van der Waals surface area contributed by atoms with E-state index >= 15 is 0 Å². The highest BCUT2D eigenvalue weighted by atomic mass is 19.1. The lowest BCUT2D eigenvalue weighted by molar-refractivity contribution is -0.138. The van der Waals surface area contributed by atoms with E-state index in [0.29, 0.717) is 30.7 Å². The molecule has 33 heavy (non-hydrogen) atoms. The van der Waals surface area contributed by atoms with Crippen LogP contribution in [0.1, 0.15) is 71.3 Å². The van der Waals surface area contributed by atoms with Gasteiger partial charge in [0, 0.05) is 37.0 Å². The van der Waals surface area contributed by atoms with E-state index in [1.807, 2.05) is 11.9 Å². The summed E-state index contributed by atoms with van der Waals surface area (Å²) in [6, 6.07) is 6.36. The zero-order valence-electron chi connectivity index (χ0n) is 20.4. The zero-order valence-corrected chi connectivity index (χ0v) is 20.4. The molecule has 5 heteroatoms. The minimum atomic E-state index is -0.254. The van der Waals surface area contributed by atoms with E-state index in [-0.39, 0.29) is 34.4 Å². The molecule has 1 aromatic rings. The first-order chi connectivity index (χ1) is 15.6. The Balaban J connectivity index is 1.35. The van der Waals surface area contributed by atoms with Gasteiger partial charge in [-0.15, -0.1) is 0 Å². The molecule has 1 heterocycles. The lowest BCUT2D eigenvalue weighted by Gasteiger charge is -2.59. The van der Waals surface area contributed by atoms with E-state index in [9.17, 15) is 14.0 Å². The van der Waals surface area contributed by atoms with E-state index in [1.54, 1.807) is 12.1 Å². The molecule has 0 spiro atoms. The maximum Gasteiger partial charge on any atom is 0.226 e. The highest BCUT2D eigenvalue weighted by Crippen LogP contribution is 2.66. The number of likely N-dealkylation sites (tertiary alicyclic amines) is 1. The van der Waals surface area contributed by atoms with Gasteiger partial charge in [-0.2, -0.15) is 0 Å². The van der Waals surface area contributed by atoms with Crippen molar-refractivity contribution in [1.29, 1.82) is 0 Å². The van der Waals surface area contributed by atoms with Gasteiger partial charge in [-0.25, -0.2) is 4.39 Å². The fraction of sp³-hybridized carbons (Fsp3) is 0.643. The smallest absolute Gasteiger partial charge is 0.226 e.